The topological polar surface area (TPSA) is 29.0 Å². The Balaban J connectivity index is 2.46. The van der Waals surface area contributed by atoms with E-state index in [9.17, 15) is 0 Å². The van der Waals surface area contributed by atoms with Crippen LogP contribution in [0.15, 0.2) is 29.0 Å². The number of nitrogens with zero attached hydrogens (tertiary/aromatic N) is 3. The second kappa shape index (κ2) is 5.89. The van der Waals surface area contributed by atoms with Gasteiger partial charge in [0.05, 0.1) is 5.52 Å². The molecule has 0 amide bonds. The van der Waals surface area contributed by atoms with E-state index in [0.717, 1.165) is 26.9 Å². The lowest BCUT2D eigenvalue weighted by Gasteiger charge is -2.26. The predicted molar refractivity (Wildman–Crippen MR) is 83.5 cm³/mol. The third-order valence-electron chi connectivity index (χ3n) is 2.98. The monoisotopic (exact) mass is 325 g/mol. The largest absolute Gasteiger partial charge is 0.356 e. The number of rotatable bonds is 4. The normalized spacial score (nSPS) is 12.7. The van der Waals surface area contributed by atoms with Gasteiger partial charge in [-0.3, -0.25) is 0 Å². The third-order valence-corrected chi connectivity index (χ3v) is 4.29. The summed E-state index contributed by atoms with van der Waals surface area (Å²) in [5.41, 5.74) is 0.978. The number of halogens is 1. The summed E-state index contributed by atoms with van der Waals surface area (Å²) in [4.78, 5) is 11.0. The fourth-order valence-electron chi connectivity index (χ4n) is 1.86. The lowest BCUT2D eigenvalue weighted by Crippen LogP contribution is -2.31. The molecule has 1 aromatic carbocycles. The van der Waals surface area contributed by atoms with Crippen LogP contribution in [0.25, 0.3) is 10.9 Å². The lowest BCUT2D eigenvalue weighted by atomic mass is 10.2. The molecule has 1 atom stereocenters. The highest BCUT2D eigenvalue weighted by Gasteiger charge is 2.14. The number of thioether (sulfide) groups is 1. The van der Waals surface area contributed by atoms with Gasteiger partial charge in [-0.05, 0) is 31.4 Å². The average Bonchev–Trinajstić information content (AvgIpc) is 2.37. The van der Waals surface area contributed by atoms with Gasteiger partial charge >= 0.3 is 0 Å². The highest BCUT2D eigenvalue weighted by Crippen LogP contribution is 2.26. The average molecular weight is 326 g/mol. The van der Waals surface area contributed by atoms with Crippen LogP contribution in [0.1, 0.15) is 6.92 Å². The quantitative estimate of drug-likeness (QED) is 0.859. The molecular weight excluding hydrogens is 310 g/mol. The number of anilines is 1. The van der Waals surface area contributed by atoms with E-state index in [0.29, 0.717) is 6.04 Å². The molecule has 0 bridgehead atoms. The number of hydrogen-bond donors (Lipinski definition) is 0. The molecule has 0 radical (unpaired) electrons. The first-order valence-electron chi connectivity index (χ1n) is 5.75. The van der Waals surface area contributed by atoms with E-state index in [4.69, 9.17) is 0 Å². The van der Waals surface area contributed by atoms with Gasteiger partial charge < -0.3 is 4.90 Å². The van der Waals surface area contributed by atoms with Gasteiger partial charge in [0.25, 0.3) is 0 Å². The van der Waals surface area contributed by atoms with Crippen molar-refractivity contribution in [3.63, 3.8) is 0 Å². The molecule has 0 saturated heterocycles. The molecule has 0 spiro atoms. The van der Waals surface area contributed by atoms with Crippen molar-refractivity contribution in [3.05, 3.63) is 29.0 Å². The third kappa shape index (κ3) is 2.78. The van der Waals surface area contributed by atoms with Gasteiger partial charge in [0.15, 0.2) is 0 Å². The molecule has 96 valence electrons. The minimum absolute atomic E-state index is 0.442. The maximum absolute atomic E-state index is 4.44. The number of hydrogen-bond acceptors (Lipinski definition) is 4. The van der Waals surface area contributed by atoms with E-state index >= 15 is 0 Å². The lowest BCUT2D eigenvalue weighted by molar-refractivity contribution is 0.756. The molecule has 1 heterocycles. The summed E-state index contributed by atoms with van der Waals surface area (Å²) in [5, 5.41) is 1.09. The van der Waals surface area contributed by atoms with E-state index in [2.05, 4.69) is 57.1 Å². The Morgan fingerprint density at radius 2 is 2.17 bits per heavy atom. The van der Waals surface area contributed by atoms with Crippen LogP contribution in [0, 0.1) is 0 Å². The first-order valence-corrected chi connectivity index (χ1v) is 7.94. The van der Waals surface area contributed by atoms with Crippen LogP contribution in [-0.4, -0.2) is 35.1 Å². The number of benzene rings is 1. The van der Waals surface area contributed by atoms with Crippen molar-refractivity contribution in [1.29, 1.82) is 0 Å². The van der Waals surface area contributed by atoms with Crippen LogP contribution in [0.3, 0.4) is 0 Å². The van der Waals surface area contributed by atoms with Gasteiger partial charge in [-0.25, -0.2) is 9.97 Å². The molecule has 0 aliphatic rings. The Bertz CT molecular complexity index is 547. The Morgan fingerprint density at radius 3 is 2.89 bits per heavy atom. The van der Waals surface area contributed by atoms with E-state index in [1.54, 1.807) is 6.33 Å². The molecule has 0 fully saturated rings. The van der Waals surface area contributed by atoms with Crippen LogP contribution >= 0.6 is 27.7 Å². The summed E-state index contributed by atoms with van der Waals surface area (Å²) in [6.07, 6.45) is 3.76. The van der Waals surface area contributed by atoms with Crippen molar-refractivity contribution in [1.82, 2.24) is 9.97 Å². The first-order chi connectivity index (χ1) is 8.63. The zero-order chi connectivity index (χ0) is 13.1. The zero-order valence-electron chi connectivity index (χ0n) is 10.7. The molecule has 3 nitrogen and oxygen atoms in total. The molecule has 2 aromatic rings. The second-order valence-electron chi connectivity index (χ2n) is 4.27. The summed E-state index contributed by atoms with van der Waals surface area (Å²) in [5.74, 6) is 2.07. The summed E-state index contributed by atoms with van der Waals surface area (Å²) in [6.45, 7) is 2.21. The summed E-state index contributed by atoms with van der Waals surface area (Å²) in [6, 6.07) is 6.53. The van der Waals surface area contributed by atoms with Crippen LogP contribution in [0.4, 0.5) is 5.82 Å². The van der Waals surface area contributed by atoms with E-state index < -0.39 is 0 Å². The Hall–Kier alpha value is -0.810. The molecule has 1 unspecified atom stereocenters. The van der Waals surface area contributed by atoms with Gasteiger partial charge in [-0.1, -0.05) is 15.9 Å². The molecule has 0 aliphatic heterocycles. The van der Waals surface area contributed by atoms with E-state index in [-0.39, 0.29) is 0 Å². The molecule has 18 heavy (non-hydrogen) atoms. The predicted octanol–water partition coefficient (Wildman–Crippen LogP) is 3.58. The van der Waals surface area contributed by atoms with E-state index in [1.165, 1.54) is 0 Å². The first kappa shape index (κ1) is 13.6. The minimum Gasteiger partial charge on any atom is -0.356 e. The fraction of sp³-hybridized carbons (Fsp3) is 0.385. The number of fused-ring (bicyclic) bond motifs is 1. The SMILES string of the molecule is CSCC(C)N(C)c1ncnc2ccc(Br)cc12. The number of aromatic nitrogens is 2. The van der Waals surface area contributed by atoms with Crippen LogP contribution in [-0.2, 0) is 0 Å². The molecule has 1 aromatic heterocycles. The highest BCUT2D eigenvalue weighted by molar-refractivity contribution is 9.10. The molecule has 5 heteroatoms. The Labute approximate surface area is 120 Å². The highest BCUT2D eigenvalue weighted by atomic mass is 79.9. The minimum atomic E-state index is 0.442. The summed E-state index contributed by atoms with van der Waals surface area (Å²) >= 11 is 5.35. The van der Waals surface area contributed by atoms with Gasteiger partial charge in [-0.15, -0.1) is 0 Å². The summed E-state index contributed by atoms with van der Waals surface area (Å²) in [7, 11) is 2.09. The van der Waals surface area contributed by atoms with Crippen molar-refractivity contribution in [2.75, 3.05) is 24.0 Å². The van der Waals surface area contributed by atoms with Crippen LogP contribution < -0.4 is 4.90 Å². The van der Waals surface area contributed by atoms with Crippen molar-refractivity contribution < 1.29 is 0 Å². The molecule has 0 saturated carbocycles. The molecular formula is C13H16BrN3S. The van der Waals surface area contributed by atoms with Crippen molar-refractivity contribution in [3.8, 4) is 0 Å². The van der Waals surface area contributed by atoms with Crippen LogP contribution in [0.2, 0.25) is 0 Å². The zero-order valence-corrected chi connectivity index (χ0v) is 13.1. The van der Waals surface area contributed by atoms with Crippen molar-refractivity contribution in [2.45, 2.75) is 13.0 Å². The van der Waals surface area contributed by atoms with Crippen molar-refractivity contribution >= 4 is 44.4 Å². The van der Waals surface area contributed by atoms with Gasteiger partial charge in [0, 0.05) is 28.7 Å². The molecule has 0 aliphatic carbocycles. The second-order valence-corrected chi connectivity index (χ2v) is 6.10. The van der Waals surface area contributed by atoms with Gasteiger partial charge in [0.1, 0.15) is 12.1 Å². The molecule has 0 N–H and O–H groups in total. The summed E-state index contributed by atoms with van der Waals surface area (Å²) < 4.78 is 1.05. The smallest absolute Gasteiger partial charge is 0.139 e. The fourth-order valence-corrected chi connectivity index (χ4v) is 2.93. The standard InChI is InChI=1S/C13H16BrN3S/c1-9(7-18-3)17(2)13-11-6-10(14)4-5-12(11)15-8-16-13/h4-6,8-9H,7H2,1-3H3. The maximum Gasteiger partial charge on any atom is 0.139 e. The Kier molecular flexibility index (Phi) is 4.45. The van der Waals surface area contributed by atoms with Gasteiger partial charge in [-0.2, -0.15) is 11.8 Å². The van der Waals surface area contributed by atoms with Crippen LogP contribution in [0.5, 0.6) is 0 Å². The van der Waals surface area contributed by atoms with E-state index in [1.807, 2.05) is 23.9 Å². The Morgan fingerprint density at radius 1 is 1.39 bits per heavy atom. The van der Waals surface area contributed by atoms with Crippen molar-refractivity contribution in [2.24, 2.45) is 0 Å². The van der Waals surface area contributed by atoms with Gasteiger partial charge in [0.2, 0.25) is 0 Å². The molecule has 2 rings (SSSR count). The maximum atomic E-state index is 4.44.